The Hall–Kier alpha value is -1.81. The van der Waals surface area contributed by atoms with Gasteiger partial charge in [0.2, 0.25) is 6.39 Å². The Morgan fingerprint density at radius 3 is 2.88 bits per heavy atom. The third-order valence-corrected chi connectivity index (χ3v) is 5.36. The average Bonchev–Trinajstić information content (AvgIpc) is 3.02. The molecule has 128 valence electrons. The third-order valence-electron chi connectivity index (χ3n) is 3.18. The second-order valence-corrected chi connectivity index (χ2v) is 8.15. The van der Waals surface area contributed by atoms with Crippen LogP contribution in [0.1, 0.15) is 20.8 Å². The number of carbonyl (C=O) groups excluding carboxylic acids is 3. The van der Waals surface area contributed by atoms with E-state index >= 15 is 0 Å². The molecule has 1 saturated heterocycles. The molecule has 1 fully saturated rings. The molecule has 0 radical (unpaired) electrons. The summed E-state index contributed by atoms with van der Waals surface area (Å²) in [5.41, 5.74) is 0.159. The first-order chi connectivity index (χ1) is 11.3. The number of carbonyl (C=O) groups is 3. The number of thioether (sulfide) groups is 2. The average molecular weight is 369 g/mol. The Morgan fingerprint density at radius 2 is 2.25 bits per heavy atom. The summed E-state index contributed by atoms with van der Waals surface area (Å²) in [6, 6.07) is 0. The molecular weight excluding hydrogens is 354 g/mol. The largest absolute Gasteiger partial charge is 0.455 e. The number of rotatable bonds is 4. The zero-order chi connectivity index (χ0) is 17.5. The summed E-state index contributed by atoms with van der Waals surface area (Å²) in [4.78, 5) is 37.4. The highest BCUT2D eigenvalue weighted by Gasteiger charge is 2.53. The molecule has 0 N–H and O–H groups in total. The molecule has 2 aliphatic rings. The zero-order valence-electron chi connectivity index (χ0n) is 13.3. The number of Topliss-reactive ketones (excluding diaryl/α,β-unsaturated/α-hetero) is 1. The van der Waals surface area contributed by atoms with Crippen LogP contribution in [0.25, 0.3) is 0 Å². The fourth-order valence-electron chi connectivity index (χ4n) is 2.22. The maximum atomic E-state index is 12.6. The van der Waals surface area contributed by atoms with E-state index in [1.165, 1.54) is 34.8 Å². The van der Waals surface area contributed by atoms with Crippen LogP contribution in [-0.4, -0.2) is 55.2 Å². The van der Waals surface area contributed by atoms with Crippen molar-refractivity contribution in [2.24, 2.45) is 0 Å². The predicted octanol–water partition coefficient (Wildman–Crippen LogP) is 1.24. The summed E-state index contributed by atoms with van der Waals surface area (Å²) >= 11 is 2.58. The van der Waals surface area contributed by atoms with E-state index in [1.807, 2.05) is 0 Å². The van der Waals surface area contributed by atoms with Crippen LogP contribution in [0.2, 0.25) is 0 Å². The van der Waals surface area contributed by atoms with Gasteiger partial charge in [0.05, 0.1) is 0 Å². The van der Waals surface area contributed by atoms with E-state index in [0.717, 1.165) is 0 Å². The van der Waals surface area contributed by atoms with Crippen molar-refractivity contribution in [1.29, 1.82) is 0 Å². The van der Waals surface area contributed by atoms with Gasteiger partial charge in [-0.2, -0.15) is 0 Å². The molecule has 1 amide bonds. The molecule has 0 unspecified atom stereocenters. The SMILES string of the molecule is CC(C)(C)OC(=O)C1=C(CSc2nnco2)CS[C@@H]2C(=O)C(=O)N12. The van der Waals surface area contributed by atoms with Crippen LogP contribution in [0, 0.1) is 0 Å². The van der Waals surface area contributed by atoms with E-state index in [-0.39, 0.29) is 5.70 Å². The second-order valence-electron chi connectivity index (χ2n) is 6.15. The monoisotopic (exact) mass is 369 g/mol. The van der Waals surface area contributed by atoms with Crippen molar-refractivity contribution in [3.05, 3.63) is 17.7 Å². The lowest BCUT2D eigenvalue weighted by molar-refractivity contribution is -0.161. The Kier molecular flexibility index (Phi) is 4.43. The minimum absolute atomic E-state index is 0.158. The molecular formula is C14H15N3O5S2. The van der Waals surface area contributed by atoms with Crippen LogP contribution in [0.3, 0.4) is 0 Å². The molecule has 2 aliphatic heterocycles. The van der Waals surface area contributed by atoms with Gasteiger partial charge in [0.25, 0.3) is 16.9 Å². The zero-order valence-corrected chi connectivity index (χ0v) is 14.9. The Morgan fingerprint density at radius 1 is 1.50 bits per heavy atom. The summed E-state index contributed by atoms with van der Waals surface area (Å²) in [5.74, 6) is -0.919. The standard InChI is InChI=1S/C14H15N3O5S2/c1-14(2,3)22-12(20)8-7(5-24-13-16-15-6-21-13)4-23-11-9(18)10(19)17(8)11/h6,11H,4-5H2,1-3H3/t11-/m1/s1. The highest BCUT2D eigenvalue weighted by molar-refractivity contribution is 8.01. The number of aromatic nitrogens is 2. The Labute approximate surface area is 146 Å². The van der Waals surface area contributed by atoms with Crippen molar-refractivity contribution in [1.82, 2.24) is 15.1 Å². The van der Waals surface area contributed by atoms with Crippen LogP contribution < -0.4 is 0 Å². The van der Waals surface area contributed by atoms with E-state index in [0.29, 0.717) is 22.3 Å². The van der Waals surface area contributed by atoms with Gasteiger partial charge in [-0.3, -0.25) is 14.5 Å². The van der Waals surface area contributed by atoms with Gasteiger partial charge in [0.1, 0.15) is 11.3 Å². The normalized spacial score (nSPS) is 20.8. The van der Waals surface area contributed by atoms with Crippen molar-refractivity contribution in [3.8, 4) is 0 Å². The summed E-state index contributed by atoms with van der Waals surface area (Å²) in [7, 11) is 0. The fraction of sp³-hybridized carbons (Fsp3) is 0.500. The van der Waals surface area contributed by atoms with E-state index in [9.17, 15) is 14.4 Å². The molecule has 1 aromatic heterocycles. The smallest absolute Gasteiger partial charge is 0.355 e. The number of ketones is 1. The molecule has 8 nitrogen and oxygen atoms in total. The fourth-order valence-corrected chi connectivity index (χ4v) is 4.30. The molecule has 1 aromatic rings. The van der Waals surface area contributed by atoms with E-state index in [4.69, 9.17) is 9.15 Å². The molecule has 3 heterocycles. The van der Waals surface area contributed by atoms with Crippen LogP contribution in [0.4, 0.5) is 0 Å². The molecule has 3 rings (SSSR count). The number of ether oxygens (including phenoxy) is 1. The van der Waals surface area contributed by atoms with Gasteiger partial charge in [0, 0.05) is 11.5 Å². The summed E-state index contributed by atoms with van der Waals surface area (Å²) in [5, 5.41) is 7.10. The van der Waals surface area contributed by atoms with Gasteiger partial charge in [-0.25, -0.2) is 4.79 Å². The molecule has 0 spiro atoms. The lowest BCUT2D eigenvalue weighted by Crippen LogP contribution is -2.62. The number of nitrogens with zero attached hydrogens (tertiary/aromatic N) is 3. The molecule has 10 heteroatoms. The number of β-lactam (4-membered cyclic amide) rings is 1. The van der Waals surface area contributed by atoms with E-state index < -0.39 is 28.6 Å². The van der Waals surface area contributed by atoms with Gasteiger partial charge < -0.3 is 9.15 Å². The lowest BCUT2D eigenvalue weighted by atomic mass is 10.1. The maximum absolute atomic E-state index is 12.6. The molecule has 0 aromatic carbocycles. The van der Waals surface area contributed by atoms with Gasteiger partial charge >= 0.3 is 5.97 Å². The van der Waals surface area contributed by atoms with Crippen LogP contribution in [0.15, 0.2) is 27.3 Å². The maximum Gasteiger partial charge on any atom is 0.355 e. The van der Waals surface area contributed by atoms with Crippen LogP contribution >= 0.6 is 23.5 Å². The lowest BCUT2D eigenvalue weighted by Gasteiger charge is -2.43. The number of amides is 1. The number of fused-ring (bicyclic) bond motifs is 1. The molecule has 24 heavy (non-hydrogen) atoms. The Bertz CT molecular complexity index is 723. The molecule has 1 atom stereocenters. The van der Waals surface area contributed by atoms with Crippen molar-refractivity contribution in [3.63, 3.8) is 0 Å². The van der Waals surface area contributed by atoms with Crippen LogP contribution in [0.5, 0.6) is 0 Å². The summed E-state index contributed by atoms with van der Waals surface area (Å²) in [6.07, 6.45) is 1.22. The van der Waals surface area contributed by atoms with Crippen molar-refractivity contribution in [2.45, 2.75) is 37.0 Å². The predicted molar refractivity (Wildman–Crippen MR) is 86.0 cm³/mol. The van der Waals surface area contributed by atoms with Crippen molar-refractivity contribution >= 4 is 41.2 Å². The molecule has 0 bridgehead atoms. The summed E-state index contributed by atoms with van der Waals surface area (Å²) in [6.45, 7) is 5.24. The topological polar surface area (TPSA) is 103 Å². The van der Waals surface area contributed by atoms with Gasteiger partial charge in [0.15, 0.2) is 5.37 Å². The number of hydrogen-bond acceptors (Lipinski definition) is 9. The number of hydrogen-bond donors (Lipinski definition) is 0. The molecule has 0 saturated carbocycles. The highest BCUT2D eigenvalue weighted by atomic mass is 32.2. The van der Waals surface area contributed by atoms with Crippen molar-refractivity contribution in [2.75, 3.05) is 11.5 Å². The quantitative estimate of drug-likeness (QED) is 0.336. The minimum atomic E-state index is -0.702. The number of esters is 1. The Balaban J connectivity index is 1.87. The minimum Gasteiger partial charge on any atom is -0.455 e. The van der Waals surface area contributed by atoms with Gasteiger partial charge in [-0.05, 0) is 26.3 Å². The third kappa shape index (κ3) is 3.20. The van der Waals surface area contributed by atoms with E-state index in [1.54, 1.807) is 20.8 Å². The highest BCUT2D eigenvalue weighted by Crippen LogP contribution is 2.40. The van der Waals surface area contributed by atoms with E-state index in [2.05, 4.69) is 10.2 Å². The molecule has 0 aliphatic carbocycles. The van der Waals surface area contributed by atoms with Crippen molar-refractivity contribution < 1.29 is 23.5 Å². The summed E-state index contributed by atoms with van der Waals surface area (Å²) < 4.78 is 10.5. The first-order valence-corrected chi connectivity index (χ1v) is 9.14. The van der Waals surface area contributed by atoms with Crippen LogP contribution in [-0.2, 0) is 19.1 Å². The van der Waals surface area contributed by atoms with Gasteiger partial charge in [-0.1, -0.05) is 11.8 Å². The first kappa shape index (κ1) is 17.0. The first-order valence-electron chi connectivity index (χ1n) is 7.11. The second kappa shape index (κ2) is 6.25. The van der Waals surface area contributed by atoms with Gasteiger partial charge in [-0.15, -0.1) is 22.0 Å².